The van der Waals surface area contributed by atoms with Gasteiger partial charge in [-0.2, -0.15) is 6.42 Å². The maximum atomic E-state index is 4.23. The Labute approximate surface area is 247 Å². The second-order valence-corrected chi connectivity index (χ2v) is 12.9. The standard InChI is InChI=1S/C40H54/c1-31(19-13-21-33(3)25-27-37-35(5)23-15-29-39(37,7)8)17-11-12-18-32(2)20-14-22-34(4)26-28-38-36(6)24-16-30-40(38,9)10/h11-12,14,17-18,20-22,25-29H,5,13,16,19,23-24,30H2,1-4,6-10H3/q-2/b12-11+,20-14+,28-26+,31-17+,32-18+,33-25+,34-22+,37-27+. The molecule has 0 spiro atoms. The topological polar surface area (TPSA) is 0 Å². The van der Waals surface area contributed by atoms with Crippen molar-refractivity contribution >= 4 is 0 Å². The SMILES string of the molecule is C=C1C[C-]=CC(C)(C)/C1=C/C=C(\C)[CH-]CC/C(C)=C/C=C/C=C(C)/C=C/C=C(C)/C=C/C1=C(C)CCCC1(C)C. The van der Waals surface area contributed by atoms with Crippen molar-refractivity contribution in [1.29, 1.82) is 0 Å². The minimum atomic E-state index is 0.0105. The molecule has 0 radical (unpaired) electrons. The van der Waals surface area contributed by atoms with E-state index < -0.39 is 0 Å². The molecule has 0 aromatic heterocycles. The Morgan fingerprint density at radius 1 is 0.950 bits per heavy atom. The maximum absolute atomic E-state index is 4.23. The Balaban J connectivity index is 1.81. The van der Waals surface area contributed by atoms with Crippen molar-refractivity contribution in [2.24, 2.45) is 10.8 Å². The number of rotatable bonds is 11. The molecule has 0 aliphatic heterocycles. The molecular weight excluding hydrogens is 480 g/mol. The van der Waals surface area contributed by atoms with E-state index in [1.165, 1.54) is 58.3 Å². The largest absolute Gasteiger partial charge is 0.495 e. The van der Waals surface area contributed by atoms with Gasteiger partial charge in [0.1, 0.15) is 0 Å². The zero-order valence-electron chi connectivity index (χ0n) is 27.0. The van der Waals surface area contributed by atoms with Gasteiger partial charge in [-0.25, -0.2) is 18.1 Å². The van der Waals surface area contributed by atoms with Crippen LogP contribution < -0.4 is 0 Å². The first-order chi connectivity index (χ1) is 18.8. The molecule has 0 saturated carbocycles. The van der Waals surface area contributed by atoms with Gasteiger partial charge >= 0.3 is 0 Å². The third-order valence-corrected chi connectivity index (χ3v) is 8.00. The average Bonchev–Trinajstić information content (AvgIpc) is 2.85. The molecule has 2 aliphatic rings. The summed E-state index contributed by atoms with van der Waals surface area (Å²) >= 11 is 0. The van der Waals surface area contributed by atoms with Crippen LogP contribution in [0.5, 0.6) is 0 Å². The Bertz CT molecular complexity index is 1200. The van der Waals surface area contributed by atoms with Gasteiger partial charge < -0.3 is 6.08 Å². The van der Waals surface area contributed by atoms with Crippen LogP contribution in [0, 0.1) is 23.3 Å². The molecule has 0 atom stereocenters. The fourth-order valence-electron chi connectivity index (χ4n) is 5.40. The lowest BCUT2D eigenvalue weighted by atomic mass is 9.72. The highest BCUT2D eigenvalue weighted by atomic mass is 14.3. The lowest BCUT2D eigenvalue weighted by Crippen LogP contribution is -2.19. The van der Waals surface area contributed by atoms with E-state index >= 15 is 0 Å². The Morgan fingerprint density at radius 3 is 2.33 bits per heavy atom. The molecule has 0 heteroatoms. The van der Waals surface area contributed by atoms with Gasteiger partial charge in [0.2, 0.25) is 0 Å². The summed E-state index contributed by atoms with van der Waals surface area (Å²) in [5.74, 6) is 0. The predicted octanol–water partition coefficient (Wildman–Crippen LogP) is 12.2. The minimum absolute atomic E-state index is 0.0105. The molecule has 0 saturated heterocycles. The van der Waals surface area contributed by atoms with E-state index in [2.05, 4.69) is 154 Å². The van der Waals surface area contributed by atoms with Gasteiger partial charge in [0.15, 0.2) is 0 Å². The summed E-state index contributed by atoms with van der Waals surface area (Å²) in [6, 6.07) is 0. The Hall–Kier alpha value is -2.99. The quantitative estimate of drug-likeness (QED) is 0.183. The van der Waals surface area contributed by atoms with E-state index in [1.54, 1.807) is 5.57 Å². The van der Waals surface area contributed by atoms with Crippen LogP contribution in [0.3, 0.4) is 0 Å². The van der Waals surface area contributed by atoms with E-state index in [9.17, 15) is 0 Å². The highest BCUT2D eigenvalue weighted by Crippen LogP contribution is 2.41. The van der Waals surface area contributed by atoms with Crippen LogP contribution in [0.15, 0.2) is 124 Å². The molecule has 0 N–H and O–H groups in total. The molecule has 0 bridgehead atoms. The molecule has 0 amide bonds. The summed E-state index contributed by atoms with van der Waals surface area (Å²) in [4.78, 5) is 0. The van der Waals surface area contributed by atoms with Crippen molar-refractivity contribution in [1.82, 2.24) is 0 Å². The van der Waals surface area contributed by atoms with Gasteiger partial charge in [0.25, 0.3) is 0 Å². The monoisotopic (exact) mass is 534 g/mol. The average molecular weight is 535 g/mol. The summed E-state index contributed by atoms with van der Waals surface area (Å²) in [5, 5.41) is 0. The molecule has 216 valence electrons. The first kappa shape index (κ1) is 33.2. The first-order valence-electron chi connectivity index (χ1n) is 15.0. The smallest absolute Gasteiger partial charge is 0.0104 e. The molecule has 40 heavy (non-hydrogen) atoms. The molecule has 2 aliphatic carbocycles. The van der Waals surface area contributed by atoms with Gasteiger partial charge in [-0.15, -0.1) is 6.08 Å². The van der Waals surface area contributed by atoms with E-state index in [4.69, 9.17) is 0 Å². The van der Waals surface area contributed by atoms with E-state index in [-0.39, 0.29) is 5.41 Å². The fourth-order valence-corrected chi connectivity index (χ4v) is 5.40. The molecule has 0 unspecified atom stereocenters. The summed E-state index contributed by atoms with van der Waals surface area (Å²) in [6.07, 6.45) is 38.8. The minimum Gasteiger partial charge on any atom is -0.495 e. The molecule has 0 aromatic carbocycles. The number of hydrogen-bond donors (Lipinski definition) is 0. The van der Waals surface area contributed by atoms with Crippen molar-refractivity contribution in [3.8, 4) is 0 Å². The van der Waals surface area contributed by atoms with Gasteiger partial charge in [-0.05, 0) is 69.8 Å². The van der Waals surface area contributed by atoms with Crippen molar-refractivity contribution in [2.45, 2.75) is 101 Å². The van der Waals surface area contributed by atoms with Crippen molar-refractivity contribution in [3.05, 3.63) is 137 Å². The summed E-state index contributed by atoms with van der Waals surface area (Å²) in [7, 11) is 0. The number of hydrogen-bond acceptors (Lipinski definition) is 0. The van der Waals surface area contributed by atoms with Crippen LogP contribution in [0.1, 0.15) is 101 Å². The van der Waals surface area contributed by atoms with E-state index in [0.717, 1.165) is 19.3 Å². The van der Waals surface area contributed by atoms with Gasteiger partial charge in [0, 0.05) is 0 Å². The maximum Gasteiger partial charge on any atom is -0.0104 e. The summed E-state index contributed by atoms with van der Waals surface area (Å²) < 4.78 is 0. The first-order valence-corrected chi connectivity index (χ1v) is 15.0. The molecule has 0 heterocycles. The molecule has 0 fully saturated rings. The van der Waals surface area contributed by atoms with Crippen molar-refractivity contribution in [3.63, 3.8) is 0 Å². The van der Waals surface area contributed by atoms with Crippen molar-refractivity contribution in [2.75, 3.05) is 0 Å². The summed E-state index contributed by atoms with van der Waals surface area (Å²) in [6.45, 7) is 24.4. The second-order valence-electron chi connectivity index (χ2n) is 12.9. The Morgan fingerprint density at radius 2 is 1.62 bits per heavy atom. The van der Waals surface area contributed by atoms with Crippen molar-refractivity contribution < 1.29 is 0 Å². The van der Waals surface area contributed by atoms with Crippen LogP contribution in [-0.4, -0.2) is 0 Å². The predicted molar refractivity (Wildman–Crippen MR) is 180 cm³/mol. The Kier molecular flexibility index (Phi) is 13.0. The molecule has 2 rings (SSSR count). The highest BCUT2D eigenvalue weighted by molar-refractivity contribution is 5.43. The van der Waals surface area contributed by atoms with E-state index in [0.29, 0.717) is 5.41 Å². The van der Waals surface area contributed by atoms with Gasteiger partial charge in [-0.1, -0.05) is 136 Å². The van der Waals surface area contributed by atoms with Crippen LogP contribution in [0.25, 0.3) is 0 Å². The highest BCUT2D eigenvalue weighted by Gasteiger charge is 2.26. The zero-order valence-corrected chi connectivity index (χ0v) is 27.0. The van der Waals surface area contributed by atoms with Crippen LogP contribution in [0.2, 0.25) is 0 Å². The molecular formula is C40H54-2. The van der Waals surface area contributed by atoms with Gasteiger partial charge in [-0.3, -0.25) is 6.08 Å². The zero-order chi connectivity index (χ0) is 29.8. The fraction of sp³-hybridized carbons (Fsp3) is 0.425. The van der Waals surface area contributed by atoms with Gasteiger partial charge in [0.05, 0.1) is 0 Å². The third-order valence-electron chi connectivity index (χ3n) is 8.00. The second kappa shape index (κ2) is 15.7. The molecule has 0 nitrogen and oxygen atoms in total. The van der Waals surface area contributed by atoms with E-state index in [1.807, 2.05) is 0 Å². The summed E-state index contributed by atoms with van der Waals surface area (Å²) in [5.41, 5.74) is 11.1. The number of allylic oxidation sites excluding steroid dienone is 21. The van der Waals surface area contributed by atoms with Crippen LogP contribution in [-0.2, 0) is 0 Å². The lowest BCUT2D eigenvalue weighted by Gasteiger charge is -2.37. The lowest BCUT2D eigenvalue weighted by molar-refractivity contribution is 0.377. The third kappa shape index (κ3) is 11.2. The van der Waals surface area contributed by atoms with Crippen LogP contribution in [0.4, 0.5) is 0 Å². The molecule has 0 aromatic rings. The van der Waals surface area contributed by atoms with Crippen LogP contribution >= 0.6 is 0 Å². The normalized spacial score (nSPS) is 22.0.